The normalized spacial score (nSPS) is 17.3. The molecule has 1 aromatic carbocycles. The Balaban J connectivity index is 1.61. The van der Waals surface area contributed by atoms with E-state index < -0.39 is 5.91 Å². The first-order chi connectivity index (χ1) is 13.0. The van der Waals surface area contributed by atoms with E-state index >= 15 is 0 Å². The summed E-state index contributed by atoms with van der Waals surface area (Å²) in [5.41, 5.74) is 9.25. The highest BCUT2D eigenvalue weighted by Crippen LogP contribution is 2.25. The van der Waals surface area contributed by atoms with Crippen molar-refractivity contribution in [3.8, 4) is 11.3 Å². The molecular formula is C20H22N5O2. The third-order valence-electron chi connectivity index (χ3n) is 5.08. The number of fused-ring (bicyclic) bond motifs is 1. The fourth-order valence-corrected chi connectivity index (χ4v) is 3.45. The van der Waals surface area contributed by atoms with Crippen molar-refractivity contribution in [2.24, 2.45) is 5.73 Å². The lowest BCUT2D eigenvalue weighted by molar-refractivity contribution is -0.0552. The minimum Gasteiger partial charge on any atom is -0.378 e. The number of amides is 1. The van der Waals surface area contributed by atoms with E-state index in [0.29, 0.717) is 11.2 Å². The Morgan fingerprint density at radius 2 is 2.04 bits per heavy atom. The lowest BCUT2D eigenvalue weighted by Gasteiger charge is -2.42. The van der Waals surface area contributed by atoms with Crippen molar-refractivity contribution in [3.63, 3.8) is 0 Å². The second-order valence-electron chi connectivity index (χ2n) is 7.43. The highest BCUT2D eigenvalue weighted by molar-refractivity contribution is 5.99. The van der Waals surface area contributed by atoms with E-state index in [4.69, 9.17) is 10.5 Å². The summed E-state index contributed by atoms with van der Waals surface area (Å²) in [5, 5.41) is 4.12. The van der Waals surface area contributed by atoms with Crippen molar-refractivity contribution in [3.05, 3.63) is 53.9 Å². The fourth-order valence-electron chi connectivity index (χ4n) is 3.45. The van der Waals surface area contributed by atoms with Crippen molar-refractivity contribution < 1.29 is 9.53 Å². The van der Waals surface area contributed by atoms with Gasteiger partial charge >= 0.3 is 0 Å². The van der Waals surface area contributed by atoms with Crippen LogP contribution in [-0.4, -0.2) is 50.7 Å². The highest BCUT2D eigenvalue weighted by Gasteiger charge is 2.30. The number of primary amides is 1. The molecule has 27 heavy (non-hydrogen) atoms. The SMILES string of the molecule is CC1(C)COCCN1Cc1ccc(-c2ccc(C(N)=O)c3n[c]nn23)cc1. The van der Waals surface area contributed by atoms with Crippen LogP contribution in [0, 0.1) is 6.33 Å². The summed E-state index contributed by atoms with van der Waals surface area (Å²) in [7, 11) is 0. The molecule has 1 aliphatic rings. The van der Waals surface area contributed by atoms with Crippen LogP contribution in [0.15, 0.2) is 36.4 Å². The van der Waals surface area contributed by atoms with Gasteiger partial charge in [0.2, 0.25) is 6.33 Å². The summed E-state index contributed by atoms with van der Waals surface area (Å²) >= 11 is 0. The molecule has 2 aromatic heterocycles. The Morgan fingerprint density at radius 3 is 2.74 bits per heavy atom. The van der Waals surface area contributed by atoms with Crippen LogP contribution in [0.4, 0.5) is 0 Å². The minimum absolute atomic E-state index is 0.0320. The number of carbonyl (C=O) groups is 1. The number of hydrogen-bond donors (Lipinski definition) is 1. The number of aromatic nitrogens is 3. The Kier molecular flexibility index (Phi) is 4.41. The van der Waals surface area contributed by atoms with E-state index in [1.165, 1.54) is 5.56 Å². The summed E-state index contributed by atoms with van der Waals surface area (Å²) in [6.07, 6.45) is 2.55. The van der Waals surface area contributed by atoms with Gasteiger partial charge in [-0.1, -0.05) is 24.3 Å². The zero-order chi connectivity index (χ0) is 19.0. The monoisotopic (exact) mass is 364 g/mol. The molecule has 1 amide bonds. The molecule has 1 saturated heterocycles. The molecule has 3 heterocycles. The van der Waals surface area contributed by atoms with Crippen LogP contribution >= 0.6 is 0 Å². The van der Waals surface area contributed by atoms with Gasteiger partial charge < -0.3 is 10.5 Å². The van der Waals surface area contributed by atoms with Gasteiger partial charge in [0, 0.05) is 24.2 Å². The third kappa shape index (κ3) is 3.31. The van der Waals surface area contributed by atoms with Crippen molar-refractivity contribution in [1.29, 1.82) is 0 Å². The zero-order valence-electron chi connectivity index (χ0n) is 15.5. The first-order valence-corrected chi connectivity index (χ1v) is 8.93. The smallest absolute Gasteiger partial charge is 0.252 e. The van der Waals surface area contributed by atoms with Crippen LogP contribution in [0.25, 0.3) is 16.9 Å². The molecule has 4 rings (SSSR count). The van der Waals surface area contributed by atoms with Gasteiger partial charge in [0.1, 0.15) is 0 Å². The topological polar surface area (TPSA) is 85.8 Å². The van der Waals surface area contributed by atoms with Crippen molar-refractivity contribution >= 4 is 11.6 Å². The maximum atomic E-state index is 11.6. The number of morpholine rings is 1. The number of pyridine rings is 1. The predicted octanol–water partition coefficient (Wildman–Crippen LogP) is 1.91. The molecule has 0 aliphatic carbocycles. The Bertz CT molecular complexity index is 978. The predicted molar refractivity (Wildman–Crippen MR) is 101 cm³/mol. The number of hydrogen-bond acceptors (Lipinski definition) is 5. The van der Waals surface area contributed by atoms with Crippen molar-refractivity contribution in [2.45, 2.75) is 25.9 Å². The molecule has 1 aliphatic heterocycles. The molecule has 0 unspecified atom stereocenters. The first-order valence-electron chi connectivity index (χ1n) is 8.93. The van der Waals surface area contributed by atoms with Gasteiger partial charge in [-0.05, 0) is 31.5 Å². The number of nitrogens with zero attached hydrogens (tertiary/aromatic N) is 4. The molecule has 7 nitrogen and oxygen atoms in total. The van der Waals surface area contributed by atoms with Crippen LogP contribution in [0.1, 0.15) is 29.8 Å². The first kappa shape index (κ1) is 17.6. The average molecular weight is 364 g/mol. The van der Waals surface area contributed by atoms with E-state index in [2.05, 4.69) is 59.4 Å². The van der Waals surface area contributed by atoms with Crippen molar-refractivity contribution in [1.82, 2.24) is 19.5 Å². The van der Waals surface area contributed by atoms with Gasteiger partial charge in [0.05, 0.1) is 24.5 Å². The molecule has 1 fully saturated rings. The number of benzene rings is 1. The maximum Gasteiger partial charge on any atom is 0.252 e. The summed E-state index contributed by atoms with van der Waals surface area (Å²) in [6.45, 7) is 7.74. The largest absolute Gasteiger partial charge is 0.378 e. The van der Waals surface area contributed by atoms with Gasteiger partial charge in [0.25, 0.3) is 5.91 Å². The van der Waals surface area contributed by atoms with Gasteiger partial charge in [-0.2, -0.15) is 0 Å². The lowest BCUT2D eigenvalue weighted by atomic mass is 10.0. The molecule has 0 spiro atoms. The maximum absolute atomic E-state index is 11.6. The second kappa shape index (κ2) is 6.75. The van der Waals surface area contributed by atoms with Crippen LogP contribution in [0.2, 0.25) is 0 Å². The van der Waals surface area contributed by atoms with Gasteiger partial charge in [-0.3, -0.25) is 9.69 Å². The van der Waals surface area contributed by atoms with Gasteiger partial charge in [-0.15, -0.1) is 5.10 Å². The van der Waals surface area contributed by atoms with E-state index in [9.17, 15) is 4.79 Å². The zero-order valence-corrected chi connectivity index (χ0v) is 15.5. The third-order valence-corrected chi connectivity index (χ3v) is 5.08. The van der Waals surface area contributed by atoms with Crippen LogP contribution in [-0.2, 0) is 11.3 Å². The molecule has 0 atom stereocenters. The van der Waals surface area contributed by atoms with Crippen LogP contribution in [0.3, 0.4) is 0 Å². The lowest BCUT2D eigenvalue weighted by Crippen LogP contribution is -2.52. The number of nitrogens with two attached hydrogens (primary N) is 1. The molecule has 1 radical (unpaired) electrons. The Labute approximate surface area is 157 Å². The summed E-state index contributed by atoms with van der Waals surface area (Å²) in [4.78, 5) is 18.0. The van der Waals surface area contributed by atoms with Crippen LogP contribution in [0.5, 0.6) is 0 Å². The average Bonchev–Trinajstić information content (AvgIpc) is 3.13. The standard InChI is InChI=1S/C20H22N5O2/c1-20(2)12-27-10-9-24(20)11-14-3-5-15(6-4-14)17-8-7-16(18(21)26)19-22-13-23-25(17)19/h3-8H,9-12H2,1-2H3,(H2,21,26). The van der Waals surface area contributed by atoms with E-state index in [1.54, 1.807) is 10.6 Å². The molecule has 2 N–H and O–H groups in total. The van der Waals surface area contributed by atoms with E-state index in [-0.39, 0.29) is 5.54 Å². The van der Waals surface area contributed by atoms with Gasteiger partial charge in [0.15, 0.2) is 5.65 Å². The molecule has 0 bridgehead atoms. The van der Waals surface area contributed by atoms with Crippen molar-refractivity contribution in [2.75, 3.05) is 19.8 Å². The molecule has 7 heteroatoms. The minimum atomic E-state index is -0.531. The number of ether oxygens (including phenoxy) is 1. The summed E-state index contributed by atoms with van der Waals surface area (Å²) in [5.74, 6) is -0.531. The molecule has 0 saturated carbocycles. The van der Waals surface area contributed by atoms with Crippen LogP contribution < -0.4 is 5.73 Å². The second-order valence-corrected chi connectivity index (χ2v) is 7.43. The molecular weight excluding hydrogens is 342 g/mol. The fraction of sp³-hybridized carbons (Fsp3) is 0.350. The number of carbonyl (C=O) groups excluding carboxylic acids is 1. The molecule has 3 aromatic rings. The molecule has 139 valence electrons. The van der Waals surface area contributed by atoms with Gasteiger partial charge in [-0.25, -0.2) is 9.50 Å². The summed E-state index contributed by atoms with van der Waals surface area (Å²) < 4.78 is 7.19. The summed E-state index contributed by atoms with van der Waals surface area (Å²) in [6, 6.07) is 11.9. The quantitative estimate of drug-likeness (QED) is 0.764. The number of rotatable bonds is 4. The Hall–Kier alpha value is -2.77. The van der Waals surface area contributed by atoms with E-state index in [0.717, 1.165) is 37.6 Å². The highest BCUT2D eigenvalue weighted by atomic mass is 16.5. The Morgan fingerprint density at radius 1 is 1.26 bits per heavy atom. The van der Waals surface area contributed by atoms with E-state index in [1.807, 2.05) is 6.07 Å².